The van der Waals surface area contributed by atoms with E-state index in [-0.39, 0.29) is 0 Å². The van der Waals surface area contributed by atoms with E-state index in [2.05, 4.69) is 22.2 Å². The van der Waals surface area contributed by atoms with Crippen LogP contribution in [-0.2, 0) is 0 Å². The quantitative estimate of drug-likeness (QED) is 0.889. The van der Waals surface area contributed by atoms with Crippen LogP contribution in [0.5, 0.6) is 11.6 Å². The number of nitrogens with zero attached hydrogens (tertiary/aromatic N) is 2. The molecule has 1 aromatic carbocycles. The van der Waals surface area contributed by atoms with Crippen LogP contribution in [0.25, 0.3) is 0 Å². The fourth-order valence-electron chi connectivity index (χ4n) is 1.36. The van der Waals surface area contributed by atoms with Crippen LogP contribution in [0.4, 0.5) is 5.95 Å². The number of hydrogen-bond donors (Lipinski definition) is 1. The van der Waals surface area contributed by atoms with Crippen molar-refractivity contribution < 1.29 is 4.74 Å². The van der Waals surface area contributed by atoms with Gasteiger partial charge in [-0.05, 0) is 30.7 Å². The first-order valence-corrected chi connectivity index (χ1v) is 6.64. The Labute approximate surface area is 121 Å². The third-order valence-corrected chi connectivity index (χ3v) is 2.78. The highest BCUT2D eigenvalue weighted by atomic mass is 35.5. The van der Waals surface area contributed by atoms with E-state index in [4.69, 9.17) is 27.9 Å². The van der Waals surface area contributed by atoms with Crippen LogP contribution in [0.15, 0.2) is 30.5 Å². The first-order valence-electron chi connectivity index (χ1n) is 5.89. The minimum absolute atomic E-state index is 0.317. The molecule has 0 unspecified atom stereocenters. The van der Waals surface area contributed by atoms with E-state index in [1.165, 1.54) is 6.20 Å². The van der Waals surface area contributed by atoms with Crippen LogP contribution in [0, 0.1) is 0 Å². The maximum absolute atomic E-state index is 6.01. The summed E-state index contributed by atoms with van der Waals surface area (Å²) in [6.07, 6.45) is 2.50. The molecule has 0 saturated carbocycles. The van der Waals surface area contributed by atoms with Gasteiger partial charge in [0.25, 0.3) is 0 Å². The Morgan fingerprint density at radius 2 is 1.95 bits per heavy atom. The standard InChI is InChI=1S/C13H13Cl2N3O/c1-2-7-16-13-17-8-11(15)12(18-13)19-10-5-3-9(14)4-6-10/h3-6,8H,2,7H2,1H3,(H,16,17,18). The van der Waals surface area contributed by atoms with Gasteiger partial charge in [-0.2, -0.15) is 4.98 Å². The Morgan fingerprint density at radius 1 is 1.21 bits per heavy atom. The van der Waals surface area contributed by atoms with Gasteiger partial charge in [-0.25, -0.2) is 4.98 Å². The average molecular weight is 298 g/mol. The van der Waals surface area contributed by atoms with Crippen molar-refractivity contribution in [1.29, 1.82) is 0 Å². The molecular formula is C13H13Cl2N3O. The van der Waals surface area contributed by atoms with E-state index in [1.807, 2.05) is 0 Å². The molecule has 0 fully saturated rings. The summed E-state index contributed by atoms with van der Waals surface area (Å²) < 4.78 is 5.60. The molecule has 100 valence electrons. The Kier molecular flexibility index (Phi) is 4.82. The maximum Gasteiger partial charge on any atom is 0.243 e. The second kappa shape index (κ2) is 6.59. The lowest BCUT2D eigenvalue weighted by Crippen LogP contribution is -2.04. The van der Waals surface area contributed by atoms with E-state index < -0.39 is 0 Å². The van der Waals surface area contributed by atoms with Crippen LogP contribution in [-0.4, -0.2) is 16.5 Å². The number of rotatable bonds is 5. The second-order valence-electron chi connectivity index (χ2n) is 3.83. The van der Waals surface area contributed by atoms with Crippen molar-refractivity contribution in [3.63, 3.8) is 0 Å². The molecule has 19 heavy (non-hydrogen) atoms. The van der Waals surface area contributed by atoms with Crippen molar-refractivity contribution >= 4 is 29.2 Å². The Morgan fingerprint density at radius 3 is 2.63 bits per heavy atom. The highest BCUT2D eigenvalue weighted by Gasteiger charge is 2.07. The van der Waals surface area contributed by atoms with Crippen LogP contribution >= 0.6 is 23.2 Å². The third kappa shape index (κ3) is 3.98. The molecule has 0 aliphatic rings. The summed E-state index contributed by atoms with van der Waals surface area (Å²) in [5.41, 5.74) is 0. The smallest absolute Gasteiger partial charge is 0.243 e. The minimum Gasteiger partial charge on any atom is -0.437 e. The summed E-state index contributed by atoms with van der Waals surface area (Å²) >= 11 is 11.8. The lowest BCUT2D eigenvalue weighted by atomic mass is 10.3. The van der Waals surface area contributed by atoms with Crippen LogP contribution < -0.4 is 10.1 Å². The predicted octanol–water partition coefficient (Wildman–Crippen LogP) is 4.40. The molecule has 0 radical (unpaired) electrons. The zero-order valence-corrected chi connectivity index (χ0v) is 11.9. The lowest BCUT2D eigenvalue weighted by molar-refractivity contribution is 0.462. The number of halogens is 2. The molecule has 0 aliphatic heterocycles. The molecule has 2 aromatic rings. The monoisotopic (exact) mass is 297 g/mol. The average Bonchev–Trinajstić information content (AvgIpc) is 2.42. The fraction of sp³-hybridized carbons (Fsp3) is 0.231. The molecule has 0 bridgehead atoms. The van der Waals surface area contributed by atoms with Crippen LogP contribution in [0.3, 0.4) is 0 Å². The summed E-state index contributed by atoms with van der Waals surface area (Å²) in [5, 5.41) is 4.08. The first-order chi connectivity index (χ1) is 9.19. The summed E-state index contributed by atoms with van der Waals surface area (Å²) in [5.74, 6) is 1.43. The van der Waals surface area contributed by atoms with Crippen molar-refractivity contribution in [1.82, 2.24) is 9.97 Å². The summed E-state index contributed by atoms with van der Waals surface area (Å²) in [7, 11) is 0. The molecule has 0 atom stereocenters. The van der Waals surface area contributed by atoms with E-state index in [9.17, 15) is 0 Å². The second-order valence-corrected chi connectivity index (χ2v) is 4.67. The van der Waals surface area contributed by atoms with Gasteiger partial charge in [0.15, 0.2) is 0 Å². The Bertz CT molecular complexity index is 546. The topological polar surface area (TPSA) is 47.0 Å². The summed E-state index contributed by atoms with van der Waals surface area (Å²) in [6.45, 7) is 2.86. The molecule has 1 heterocycles. The molecule has 0 aliphatic carbocycles. The third-order valence-electron chi connectivity index (χ3n) is 2.27. The van der Waals surface area contributed by atoms with Crippen LogP contribution in [0.2, 0.25) is 10.0 Å². The van der Waals surface area contributed by atoms with Gasteiger partial charge in [0.05, 0.1) is 6.20 Å². The van der Waals surface area contributed by atoms with Gasteiger partial charge < -0.3 is 10.1 Å². The van der Waals surface area contributed by atoms with Gasteiger partial charge >= 0.3 is 0 Å². The lowest BCUT2D eigenvalue weighted by Gasteiger charge is -2.08. The van der Waals surface area contributed by atoms with Gasteiger partial charge in [-0.3, -0.25) is 0 Å². The maximum atomic E-state index is 6.01. The number of nitrogens with one attached hydrogen (secondary N) is 1. The minimum atomic E-state index is 0.317. The van der Waals surface area contributed by atoms with Crippen LogP contribution in [0.1, 0.15) is 13.3 Å². The van der Waals surface area contributed by atoms with Crippen molar-refractivity contribution in [3.8, 4) is 11.6 Å². The molecule has 1 aromatic heterocycles. The van der Waals surface area contributed by atoms with Crippen molar-refractivity contribution in [3.05, 3.63) is 40.5 Å². The highest BCUT2D eigenvalue weighted by molar-refractivity contribution is 6.31. The Hall–Kier alpha value is -1.52. The molecular weight excluding hydrogens is 285 g/mol. The van der Waals surface area contributed by atoms with E-state index in [0.717, 1.165) is 13.0 Å². The summed E-state index contributed by atoms with van der Waals surface area (Å²) in [4.78, 5) is 8.30. The van der Waals surface area contributed by atoms with E-state index in [1.54, 1.807) is 24.3 Å². The predicted molar refractivity (Wildman–Crippen MR) is 77.3 cm³/mol. The Balaban J connectivity index is 2.16. The number of hydrogen-bond acceptors (Lipinski definition) is 4. The highest BCUT2D eigenvalue weighted by Crippen LogP contribution is 2.28. The summed E-state index contributed by atoms with van der Waals surface area (Å²) in [6, 6.07) is 6.98. The van der Waals surface area contributed by atoms with Gasteiger partial charge in [0, 0.05) is 11.6 Å². The first kappa shape index (κ1) is 13.9. The normalized spacial score (nSPS) is 10.3. The zero-order chi connectivity index (χ0) is 13.7. The fourth-order valence-corrected chi connectivity index (χ4v) is 1.61. The number of benzene rings is 1. The molecule has 0 saturated heterocycles. The zero-order valence-electron chi connectivity index (χ0n) is 10.4. The molecule has 4 nitrogen and oxygen atoms in total. The van der Waals surface area contributed by atoms with Crippen molar-refractivity contribution in [2.75, 3.05) is 11.9 Å². The van der Waals surface area contributed by atoms with Crippen molar-refractivity contribution in [2.24, 2.45) is 0 Å². The molecule has 0 spiro atoms. The number of aromatic nitrogens is 2. The van der Waals surface area contributed by atoms with Gasteiger partial charge in [-0.1, -0.05) is 30.1 Å². The van der Waals surface area contributed by atoms with E-state index in [0.29, 0.717) is 27.6 Å². The SMILES string of the molecule is CCCNc1ncc(Cl)c(Oc2ccc(Cl)cc2)n1. The molecule has 2 rings (SSSR count). The van der Waals surface area contributed by atoms with Gasteiger partial charge in [-0.15, -0.1) is 0 Å². The largest absolute Gasteiger partial charge is 0.437 e. The molecule has 6 heteroatoms. The number of anilines is 1. The number of ether oxygens (including phenoxy) is 1. The molecule has 1 N–H and O–H groups in total. The van der Waals surface area contributed by atoms with Crippen molar-refractivity contribution in [2.45, 2.75) is 13.3 Å². The van der Waals surface area contributed by atoms with Gasteiger partial charge in [0.2, 0.25) is 11.8 Å². The molecule has 0 amide bonds. The van der Waals surface area contributed by atoms with E-state index >= 15 is 0 Å². The van der Waals surface area contributed by atoms with Gasteiger partial charge in [0.1, 0.15) is 10.8 Å².